The van der Waals surface area contributed by atoms with Crippen LogP contribution in [0.25, 0.3) is 0 Å². The molecule has 0 atom stereocenters. The molecule has 0 spiro atoms. The number of carbonyl (C=O) groups is 1. The summed E-state index contributed by atoms with van der Waals surface area (Å²) in [6.07, 6.45) is 0. The van der Waals surface area contributed by atoms with E-state index in [0.29, 0.717) is 0 Å². The molecule has 0 aliphatic rings. The van der Waals surface area contributed by atoms with Crippen molar-refractivity contribution in [2.45, 2.75) is 5.54 Å². The van der Waals surface area contributed by atoms with Gasteiger partial charge in [-0.2, -0.15) is 0 Å². The number of amides is 1. The van der Waals surface area contributed by atoms with Crippen molar-refractivity contribution >= 4 is 11.6 Å². The van der Waals surface area contributed by atoms with Gasteiger partial charge in [-0.05, 0) is 12.1 Å². The quantitative estimate of drug-likeness (QED) is 0.426. The van der Waals surface area contributed by atoms with Crippen molar-refractivity contribution in [1.82, 2.24) is 5.32 Å². The molecule has 0 bridgehead atoms. The Kier molecular flexibility index (Phi) is 5.57. The SMILES string of the molecule is O=C(CNc1ccccc1)NC(CO)(CO)CO. The Bertz CT molecular complexity index is 357. The third kappa shape index (κ3) is 3.99. The molecule has 0 saturated carbocycles. The van der Waals surface area contributed by atoms with Gasteiger partial charge in [0.1, 0.15) is 5.54 Å². The molecule has 0 heterocycles. The zero-order valence-corrected chi connectivity index (χ0v) is 9.97. The average molecular weight is 254 g/mol. The van der Waals surface area contributed by atoms with E-state index in [1.54, 1.807) is 0 Å². The van der Waals surface area contributed by atoms with Crippen LogP contribution in [0.3, 0.4) is 0 Å². The second-order valence-electron chi connectivity index (χ2n) is 4.02. The van der Waals surface area contributed by atoms with E-state index in [-0.39, 0.29) is 6.54 Å². The number of rotatable bonds is 7. The molecule has 1 rings (SSSR count). The summed E-state index contributed by atoms with van der Waals surface area (Å²) in [5, 5.41) is 32.4. The topological polar surface area (TPSA) is 102 Å². The number of anilines is 1. The number of hydrogen-bond acceptors (Lipinski definition) is 5. The molecular weight excluding hydrogens is 236 g/mol. The van der Waals surface area contributed by atoms with Gasteiger partial charge in [0.25, 0.3) is 0 Å². The first kappa shape index (κ1) is 14.4. The first-order valence-corrected chi connectivity index (χ1v) is 5.58. The van der Waals surface area contributed by atoms with Crippen LogP contribution in [0, 0.1) is 0 Å². The van der Waals surface area contributed by atoms with Gasteiger partial charge in [0.05, 0.1) is 26.4 Å². The zero-order valence-electron chi connectivity index (χ0n) is 9.97. The van der Waals surface area contributed by atoms with Gasteiger partial charge in [-0.3, -0.25) is 4.79 Å². The minimum atomic E-state index is -1.38. The highest BCUT2D eigenvalue weighted by molar-refractivity contribution is 5.81. The van der Waals surface area contributed by atoms with Gasteiger partial charge in [-0.1, -0.05) is 18.2 Å². The molecule has 1 amide bonds. The Morgan fingerprint density at radius 2 is 1.61 bits per heavy atom. The van der Waals surface area contributed by atoms with Crippen molar-refractivity contribution in [1.29, 1.82) is 0 Å². The second kappa shape index (κ2) is 6.95. The highest BCUT2D eigenvalue weighted by Gasteiger charge is 2.29. The molecular formula is C12H18N2O4. The lowest BCUT2D eigenvalue weighted by Crippen LogP contribution is -2.58. The molecule has 0 saturated heterocycles. The minimum absolute atomic E-state index is 0.00817. The Labute approximate surface area is 105 Å². The second-order valence-corrected chi connectivity index (χ2v) is 4.02. The maximum absolute atomic E-state index is 11.6. The number of aliphatic hydroxyl groups excluding tert-OH is 3. The molecule has 0 aromatic heterocycles. The lowest BCUT2D eigenvalue weighted by atomic mass is 10.0. The number of para-hydroxylation sites is 1. The average Bonchev–Trinajstić information content (AvgIpc) is 2.44. The summed E-state index contributed by atoms with van der Waals surface area (Å²) in [4.78, 5) is 11.6. The minimum Gasteiger partial charge on any atom is -0.394 e. The maximum atomic E-state index is 11.6. The van der Waals surface area contributed by atoms with Crippen molar-refractivity contribution in [3.63, 3.8) is 0 Å². The normalized spacial score (nSPS) is 11.1. The van der Waals surface area contributed by atoms with E-state index in [1.807, 2.05) is 30.3 Å². The van der Waals surface area contributed by atoms with Gasteiger partial charge in [0.15, 0.2) is 0 Å². The molecule has 5 N–H and O–H groups in total. The van der Waals surface area contributed by atoms with Crippen LogP contribution >= 0.6 is 0 Å². The predicted octanol–water partition coefficient (Wildman–Crippen LogP) is -1.07. The summed E-state index contributed by atoms with van der Waals surface area (Å²) in [5.41, 5.74) is -0.592. The third-order valence-electron chi connectivity index (χ3n) is 2.54. The van der Waals surface area contributed by atoms with Crippen molar-refractivity contribution in [2.24, 2.45) is 0 Å². The van der Waals surface area contributed by atoms with Crippen LogP contribution in [-0.2, 0) is 4.79 Å². The summed E-state index contributed by atoms with van der Waals surface area (Å²) in [5.74, 6) is -0.420. The van der Waals surface area contributed by atoms with Crippen molar-refractivity contribution in [2.75, 3.05) is 31.7 Å². The summed E-state index contributed by atoms with van der Waals surface area (Å²) in [7, 11) is 0. The molecule has 1 aromatic rings. The third-order valence-corrected chi connectivity index (χ3v) is 2.54. The fourth-order valence-corrected chi connectivity index (χ4v) is 1.35. The van der Waals surface area contributed by atoms with Gasteiger partial charge in [-0.25, -0.2) is 0 Å². The Morgan fingerprint density at radius 1 is 1.06 bits per heavy atom. The molecule has 1 aromatic carbocycles. The lowest BCUT2D eigenvalue weighted by molar-refractivity contribution is -0.123. The van der Waals surface area contributed by atoms with Gasteiger partial charge in [0, 0.05) is 5.69 Å². The van der Waals surface area contributed by atoms with Gasteiger partial charge < -0.3 is 26.0 Å². The molecule has 6 nitrogen and oxygen atoms in total. The fraction of sp³-hybridized carbons (Fsp3) is 0.417. The van der Waals surface area contributed by atoms with Crippen LogP contribution in [0.4, 0.5) is 5.69 Å². The van der Waals surface area contributed by atoms with Crippen molar-refractivity contribution in [3.8, 4) is 0 Å². The highest BCUT2D eigenvalue weighted by Crippen LogP contribution is 2.05. The maximum Gasteiger partial charge on any atom is 0.239 e. The summed E-state index contributed by atoms with van der Waals surface area (Å²) in [6.45, 7) is -1.60. The van der Waals surface area contributed by atoms with E-state index < -0.39 is 31.3 Å². The van der Waals surface area contributed by atoms with Gasteiger partial charge in [-0.15, -0.1) is 0 Å². The zero-order chi connectivity index (χ0) is 13.4. The first-order chi connectivity index (χ1) is 8.65. The van der Waals surface area contributed by atoms with Gasteiger partial charge in [0.2, 0.25) is 5.91 Å². The smallest absolute Gasteiger partial charge is 0.239 e. The standard InChI is InChI=1S/C12H18N2O4/c15-7-12(8-16,9-17)14-11(18)6-13-10-4-2-1-3-5-10/h1-5,13,15-17H,6-9H2,(H,14,18). The van der Waals surface area contributed by atoms with Crippen molar-refractivity contribution < 1.29 is 20.1 Å². The summed E-state index contributed by atoms with van der Waals surface area (Å²) < 4.78 is 0. The van der Waals surface area contributed by atoms with Crippen molar-refractivity contribution in [3.05, 3.63) is 30.3 Å². The molecule has 0 fully saturated rings. The number of benzene rings is 1. The summed E-state index contributed by atoms with van der Waals surface area (Å²) >= 11 is 0. The van der Waals surface area contributed by atoms with Gasteiger partial charge >= 0.3 is 0 Å². The van der Waals surface area contributed by atoms with E-state index >= 15 is 0 Å². The molecule has 6 heteroatoms. The number of nitrogens with one attached hydrogen (secondary N) is 2. The molecule has 0 radical (unpaired) electrons. The Morgan fingerprint density at radius 3 is 2.11 bits per heavy atom. The van der Waals surface area contributed by atoms with Crippen LogP contribution in [0.2, 0.25) is 0 Å². The molecule has 18 heavy (non-hydrogen) atoms. The van der Waals surface area contributed by atoms with Crippen LogP contribution in [0.1, 0.15) is 0 Å². The van der Waals surface area contributed by atoms with Crippen LogP contribution in [0.5, 0.6) is 0 Å². The lowest BCUT2D eigenvalue weighted by Gasteiger charge is -2.28. The first-order valence-electron chi connectivity index (χ1n) is 5.58. The van der Waals surface area contributed by atoms with Crippen LogP contribution in [-0.4, -0.2) is 53.1 Å². The van der Waals surface area contributed by atoms with E-state index in [9.17, 15) is 4.79 Å². The van der Waals surface area contributed by atoms with Crippen LogP contribution in [0.15, 0.2) is 30.3 Å². The molecule has 0 aliphatic carbocycles. The number of aliphatic hydroxyl groups is 3. The van der Waals surface area contributed by atoms with Crippen LogP contribution < -0.4 is 10.6 Å². The monoisotopic (exact) mass is 254 g/mol. The molecule has 0 aliphatic heterocycles. The molecule has 0 unspecified atom stereocenters. The fourth-order valence-electron chi connectivity index (χ4n) is 1.35. The van der Waals surface area contributed by atoms with E-state index in [2.05, 4.69) is 10.6 Å². The number of carbonyl (C=O) groups excluding carboxylic acids is 1. The van der Waals surface area contributed by atoms with E-state index in [0.717, 1.165) is 5.69 Å². The Balaban J connectivity index is 2.46. The summed E-state index contributed by atoms with van der Waals surface area (Å²) in [6, 6.07) is 9.15. The predicted molar refractivity (Wildman–Crippen MR) is 67.1 cm³/mol. The highest BCUT2D eigenvalue weighted by atomic mass is 16.3. The molecule has 100 valence electrons. The van der Waals surface area contributed by atoms with E-state index in [1.165, 1.54) is 0 Å². The number of hydrogen-bond donors (Lipinski definition) is 5. The largest absolute Gasteiger partial charge is 0.394 e. The Hall–Kier alpha value is -1.63. The van der Waals surface area contributed by atoms with E-state index in [4.69, 9.17) is 15.3 Å².